The van der Waals surface area contributed by atoms with Gasteiger partial charge in [0, 0.05) is 25.9 Å². The van der Waals surface area contributed by atoms with Crippen molar-refractivity contribution in [2.24, 2.45) is 5.92 Å². The number of anilines is 1. The number of aryl methyl sites for hydroxylation is 1. The third-order valence-electron chi connectivity index (χ3n) is 6.61. The van der Waals surface area contributed by atoms with Crippen LogP contribution in [0.2, 0.25) is 0 Å². The van der Waals surface area contributed by atoms with Gasteiger partial charge in [0.15, 0.2) is 11.5 Å². The maximum absolute atomic E-state index is 12.2. The number of ether oxygens (including phenoxy) is 2. The molecule has 3 fully saturated rings. The Morgan fingerprint density at radius 3 is 2.82 bits per heavy atom. The fourth-order valence-electron chi connectivity index (χ4n) is 4.62. The number of likely N-dealkylation sites (tertiary alicyclic amines) is 1. The van der Waals surface area contributed by atoms with E-state index in [1.807, 2.05) is 4.57 Å². The van der Waals surface area contributed by atoms with Gasteiger partial charge in [0.2, 0.25) is 5.91 Å². The molecule has 5 rings (SSSR count). The number of carbonyl (C=O) groups excluding carboxylic acids is 2. The van der Waals surface area contributed by atoms with Crippen molar-refractivity contribution in [3.05, 3.63) is 12.2 Å². The quantitative estimate of drug-likeness (QED) is 0.519. The number of β-lactam (4-membered cyclic amide) rings is 1. The molecule has 2 amide bonds. The van der Waals surface area contributed by atoms with E-state index in [1.165, 1.54) is 0 Å². The Kier molecular flexibility index (Phi) is 6.02. The Morgan fingerprint density at radius 2 is 2.12 bits per heavy atom. The number of nitrogen functional groups attached to an aromatic ring is 1. The van der Waals surface area contributed by atoms with Gasteiger partial charge in [-0.1, -0.05) is 0 Å². The van der Waals surface area contributed by atoms with E-state index in [1.54, 1.807) is 11.2 Å². The maximum Gasteiger partial charge on any atom is 0.409 e. The van der Waals surface area contributed by atoms with Crippen molar-refractivity contribution in [1.29, 1.82) is 0 Å². The summed E-state index contributed by atoms with van der Waals surface area (Å²) in [5.41, 5.74) is 7.29. The van der Waals surface area contributed by atoms with Gasteiger partial charge < -0.3 is 30.5 Å². The molecular formula is C21H29N7O5. The lowest BCUT2D eigenvalue weighted by molar-refractivity contribution is -0.129. The molecule has 0 radical (unpaired) electrons. The van der Waals surface area contributed by atoms with Gasteiger partial charge in [-0.3, -0.25) is 9.36 Å². The molecule has 0 aromatic carbocycles. The van der Waals surface area contributed by atoms with E-state index in [0.29, 0.717) is 67.7 Å². The summed E-state index contributed by atoms with van der Waals surface area (Å²) in [6.45, 7) is 1.82. The average Bonchev–Trinajstić information content (AvgIpc) is 3.41. The Hall–Kier alpha value is -2.99. The molecule has 0 bridgehead atoms. The maximum atomic E-state index is 12.2. The predicted molar refractivity (Wildman–Crippen MR) is 116 cm³/mol. The second kappa shape index (κ2) is 9.10. The molecule has 0 spiro atoms. The summed E-state index contributed by atoms with van der Waals surface area (Å²) >= 11 is 0. The molecule has 12 nitrogen and oxygen atoms in total. The number of nitrogens with two attached hydrogens (primary N) is 1. The molecule has 0 aliphatic carbocycles. The fraction of sp³-hybridized carbons (Fsp3) is 0.667. The van der Waals surface area contributed by atoms with Gasteiger partial charge in [-0.2, -0.15) is 0 Å². The monoisotopic (exact) mass is 459 g/mol. The highest BCUT2D eigenvalue weighted by molar-refractivity contribution is 5.83. The van der Waals surface area contributed by atoms with Crippen LogP contribution in [-0.2, 0) is 20.7 Å². The Bertz CT molecular complexity index is 1030. The molecule has 2 unspecified atom stereocenters. The number of piperidine rings is 1. The first kappa shape index (κ1) is 21.8. The van der Waals surface area contributed by atoms with Crippen LogP contribution in [0.5, 0.6) is 0 Å². The van der Waals surface area contributed by atoms with Crippen LogP contribution >= 0.6 is 0 Å². The molecular weight excluding hydrogens is 430 g/mol. The largest absolute Gasteiger partial charge is 0.447 e. The highest BCUT2D eigenvalue weighted by Gasteiger charge is 2.29. The molecule has 12 heteroatoms. The number of aliphatic hydroxyl groups is 1. The SMILES string of the molecule is Nc1nc(CCC2CCN(C(=O)OCC3CC(=O)N3)CC2)nc2c1ncn2[C@H]1CC(O)CO1. The summed E-state index contributed by atoms with van der Waals surface area (Å²) in [5, 5.41) is 12.5. The van der Waals surface area contributed by atoms with Crippen molar-refractivity contribution in [3.8, 4) is 0 Å². The van der Waals surface area contributed by atoms with Crippen LogP contribution in [0.4, 0.5) is 10.6 Å². The van der Waals surface area contributed by atoms with Crippen LogP contribution in [-0.4, -0.2) is 80.0 Å². The second-order valence-corrected chi connectivity index (χ2v) is 9.04. The van der Waals surface area contributed by atoms with Crippen LogP contribution in [0.25, 0.3) is 11.2 Å². The number of nitrogens with one attached hydrogen (secondary N) is 1. The molecule has 5 heterocycles. The predicted octanol–water partition coefficient (Wildman–Crippen LogP) is 0.358. The van der Waals surface area contributed by atoms with Crippen LogP contribution in [0.3, 0.4) is 0 Å². The lowest BCUT2D eigenvalue weighted by atomic mass is 9.92. The van der Waals surface area contributed by atoms with E-state index in [2.05, 4.69) is 20.3 Å². The lowest BCUT2D eigenvalue weighted by Crippen LogP contribution is -2.52. The van der Waals surface area contributed by atoms with Crippen LogP contribution in [0.1, 0.15) is 44.2 Å². The van der Waals surface area contributed by atoms with Crippen LogP contribution in [0, 0.1) is 5.92 Å². The first-order valence-corrected chi connectivity index (χ1v) is 11.5. The number of hydrogen-bond donors (Lipinski definition) is 3. The molecule has 2 aromatic rings. The minimum atomic E-state index is -0.492. The van der Waals surface area contributed by atoms with Crippen LogP contribution in [0.15, 0.2) is 6.33 Å². The number of rotatable bonds is 6. The summed E-state index contributed by atoms with van der Waals surface area (Å²) in [7, 11) is 0. The number of fused-ring (bicyclic) bond motifs is 1. The first-order chi connectivity index (χ1) is 16.0. The standard InChI is InChI=1S/C21H29N7O5/c22-19-18-20(28(11-23-18)17-8-14(29)10-32-17)26-15(25-19)2-1-12-3-5-27(6-4-12)21(31)33-9-13-7-16(30)24-13/h11-14,17,29H,1-10H2,(H,24,30)(H2,22,25,26)/t13?,14?,17-/m1/s1. The number of aromatic nitrogens is 4. The lowest BCUT2D eigenvalue weighted by Gasteiger charge is -2.32. The number of nitrogens with zero attached hydrogens (tertiary/aromatic N) is 5. The highest BCUT2D eigenvalue weighted by atomic mass is 16.6. The number of imidazole rings is 1. The molecule has 33 heavy (non-hydrogen) atoms. The Morgan fingerprint density at radius 1 is 1.33 bits per heavy atom. The molecule has 178 valence electrons. The molecule has 3 aliphatic rings. The summed E-state index contributed by atoms with van der Waals surface area (Å²) in [6.07, 6.45) is 4.78. The number of carbonyl (C=O) groups is 2. The van der Waals surface area contributed by atoms with Crippen molar-refractivity contribution < 1.29 is 24.2 Å². The smallest absolute Gasteiger partial charge is 0.409 e. The van der Waals surface area contributed by atoms with Crippen molar-refractivity contribution >= 4 is 29.0 Å². The third kappa shape index (κ3) is 4.71. The highest BCUT2D eigenvalue weighted by Crippen LogP contribution is 2.28. The van der Waals surface area contributed by atoms with E-state index >= 15 is 0 Å². The zero-order chi connectivity index (χ0) is 22.9. The van der Waals surface area contributed by atoms with Gasteiger partial charge in [0.25, 0.3) is 0 Å². The molecule has 3 saturated heterocycles. The number of aliphatic hydroxyl groups excluding tert-OH is 1. The van der Waals surface area contributed by atoms with E-state index in [-0.39, 0.29) is 30.9 Å². The van der Waals surface area contributed by atoms with Gasteiger partial charge in [-0.25, -0.2) is 19.7 Å². The Balaban J connectivity index is 1.13. The van der Waals surface area contributed by atoms with Crippen LogP contribution < -0.4 is 11.1 Å². The molecule has 2 aromatic heterocycles. The average molecular weight is 460 g/mol. The van der Waals surface area contributed by atoms with Crippen molar-refractivity contribution in [2.45, 2.75) is 56.9 Å². The first-order valence-electron chi connectivity index (χ1n) is 11.5. The fourth-order valence-corrected chi connectivity index (χ4v) is 4.62. The number of amides is 2. The van der Waals surface area contributed by atoms with E-state index < -0.39 is 6.10 Å². The summed E-state index contributed by atoms with van der Waals surface area (Å²) in [4.78, 5) is 38.3. The van der Waals surface area contributed by atoms with E-state index in [9.17, 15) is 14.7 Å². The van der Waals surface area contributed by atoms with Crippen molar-refractivity contribution in [1.82, 2.24) is 29.7 Å². The summed E-state index contributed by atoms with van der Waals surface area (Å²) < 4.78 is 12.8. The zero-order valence-electron chi connectivity index (χ0n) is 18.4. The van der Waals surface area contributed by atoms with Gasteiger partial charge in [0.05, 0.1) is 31.5 Å². The molecule has 3 atom stereocenters. The third-order valence-corrected chi connectivity index (χ3v) is 6.61. The molecule has 4 N–H and O–H groups in total. The summed E-state index contributed by atoms with van der Waals surface area (Å²) in [6, 6.07) is -0.0506. The topological polar surface area (TPSA) is 158 Å². The van der Waals surface area contributed by atoms with Gasteiger partial charge in [-0.15, -0.1) is 0 Å². The summed E-state index contributed by atoms with van der Waals surface area (Å²) in [5.74, 6) is 1.45. The molecule has 3 aliphatic heterocycles. The zero-order valence-corrected chi connectivity index (χ0v) is 18.4. The van der Waals surface area contributed by atoms with Crippen molar-refractivity contribution in [2.75, 3.05) is 32.0 Å². The minimum absolute atomic E-state index is 0.00290. The Labute approximate surface area is 190 Å². The van der Waals surface area contributed by atoms with E-state index in [4.69, 9.17) is 15.2 Å². The normalized spacial score (nSPS) is 25.8. The molecule has 0 saturated carbocycles. The van der Waals surface area contributed by atoms with Gasteiger partial charge >= 0.3 is 6.09 Å². The van der Waals surface area contributed by atoms with Gasteiger partial charge in [-0.05, 0) is 25.2 Å². The van der Waals surface area contributed by atoms with E-state index in [0.717, 1.165) is 19.3 Å². The van der Waals surface area contributed by atoms with Gasteiger partial charge in [0.1, 0.15) is 24.2 Å². The minimum Gasteiger partial charge on any atom is -0.447 e. The second-order valence-electron chi connectivity index (χ2n) is 9.04. The van der Waals surface area contributed by atoms with Crippen molar-refractivity contribution in [3.63, 3.8) is 0 Å². The number of hydrogen-bond acceptors (Lipinski definition) is 9.